The fourth-order valence-corrected chi connectivity index (χ4v) is 2.62. The van der Waals surface area contributed by atoms with Crippen LogP contribution in [0.3, 0.4) is 0 Å². The van der Waals surface area contributed by atoms with Gasteiger partial charge >= 0.3 is 0 Å². The van der Waals surface area contributed by atoms with Crippen molar-refractivity contribution in [3.63, 3.8) is 0 Å². The lowest BCUT2D eigenvalue weighted by molar-refractivity contribution is 0.379. The quantitative estimate of drug-likeness (QED) is 0.874. The van der Waals surface area contributed by atoms with Crippen molar-refractivity contribution in [1.82, 2.24) is 14.5 Å². The molecular weight excluding hydrogens is 276 g/mol. The smallest absolute Gasteiger partial charge is 0.255 e. The molecule has 5 nitrogen and oxygen atoms in total. The van der Waals surface area contributed by atoms with E-state index in [0.717, 1.165) is 43.3 Å². The second-order valence-corrected chi connectivity index (χ2v) is 6.96. The molecule has 2 aromatic heterocycles. The molecule has 0 N–H and O–H groups in total. The molecule has 22 heavy (non-hydrogen) atoms. The van der Waals surface area contributed by atoms with Crippen LogP contribution >= 0.6 is 0 Å². The van der Waals surface area contributed by atoms with Crippen LogP contribution in [-0.4, -0.2) is 27.6 Å². The van der Waals surface area contributed by atoms with Gasteiger partial charge in [0.1, 0.15) is 0 Å². The maximum absolute atomic E-state index is 12.3. The van der Waals surface area contributed by atoms with Crippen LogP contribution < -0.4 is 10.5 Å². The average molecular weight is 298 g/mol. The Bertz CT molecular complexity index is 716. The minimum absolute atomic E-state index is 0.0232. The van der Waals surface area contributed by atoms with Gasteiger partial charge in [-0.15, -0.1) is 0 Å². The third-order valence-electron chi connectivity index (χ3n) is 3.97. The summed E-state index contributed by atoms with van der Waals surface area (Å²) in [7, 11) is 0. The van der Waals surface area contributed by atoms with E-state index in [9.17, 15) is 4.79 Å². The number of hydrogen-bond donors (Lipinski definition) is 0. The second-order valence-electron chi connectivity index (χ2n) is 6.96. The molecule has 0 spiro atoms. The van der Waals surface area contributed by atoms with E-state index >= 15 is 0 Å². The van der Waals surface area contributed by atoms with Gasteiger partial charge in [-0.2, -0.15) is 0 Å². The number of aromatic nitrogens is 3. The lowest BCUT2D eigenvalue weighted by atomic mass is 9.92. The SMILES string of the molecule is CC(C)(C)CCN1CCn2c1nc(-c1ccncc1)cc2=O. The van der Waals surface area contributed by atoms with Gasteiger partial charge in [0.2, 0.25) is 5.95 Å². The van der Waals surface area contributed by atoms with Crippen LogP contribution in [0.5, 0.6) is 0 Å². The Morgan fingerprint density at radius 1 is 1.18 bits per heavy atom. The van der Waals surface area contributed by atoms with E-state index in [0.29, 0.717) is 0 Å². The van der Waals surface area contributed by atoms with Crippen molar-refractivity contribution < 1.29 is 0 Å². The van der Waals surface area contributed by atoms with Crippen LogP contribution in [0.1, 0.15) is 27.2 Å². The molecule has 0 unspecified atom stereocenters. The molecule has 0 atom stereocenters. The van der Waals surface area contributed by atoms with Crippen LogP contribution in [0.2, 0.25) is 0 Å². The Morgan fingerprint density at radius 2 is 1.91 bits per heavy atom. The number of rotatable bonds is 3. The predicted octanol–water partition coefficient (Wildman–Crippen LogP) is 2.56. The summed E-state index contributed by atoms with van der Waals surface area (Å²) in [5.41, 5.74) is 1.95. The first-order valence-electron chi connectivity index (χ1n) is 7.71. The highest BCUT2D eigenvalue weighted by atomic mass is 16.1. The number of pyridine rings is 1. The van der Waals surface area contributed by atoms with Crippen molar-refractivity contribution in [2.24, 2.45) is 5.41 Å². The van der Waals surface area contributed by atoms with Gasteiger partial charge in [0.25, 0.3) is 5.56 Å². The fraction of sp³-hybridized carbons (Fsp3) is 0.471. The average Bonchev–Trinajstić information content (AvgIpc) is 2.89. The van der Waals surface area contributed by atoms with E-state index in [4.69, 9.17) is 4.98 Å². The number of anilines is 1. The topological polar surface area (TPSA) is 51.0 Å². The fourth-order valence-electron chi connectivity index (χ4n) is 2.62. The summed E-state index contributed by atoms with van der Waals surface area (Å²) < 4.78 is 1.77. The first kappa shape index (κ1) is 14.8. The first-order valence-corrected chi connectivity index (χ1v) is 7.71. The Hall–Kier alpha value is -2.17. The molecule has 2 aromatic rings. The van der Waals surface area contributed by atoms with Gasteiger partial charge in [0.05, 0.1) is 5.69 Å². The van der Waals surface area contributed by atoms with E-state index in [1.54, 1.807) is 23.0 Å². The summed E-state index contributed by atoms with van der Waals surface area (Å²) in [5.74, 6) is 0.795. The van der Waals surface area contributed by atoms with Crippen LogP contribution in [0.15, 0.2) is 35.4 Å². The zero-order valence-corrected chi connectivity index (χ0v) is 13.4. The molecule has 0 bridgehead atoms. The number of fused-ring (bicyclic) bond motifs is 1. The molecule has 1 aliphatic rings. The molecule has 3 heterocycles. The maximum atomic E-state index is 12.3. The van der Waals surface area contributed by atoms with Gasteiger partial charge in [0, 0.05) is 43.7 Å². The summed E-state index contributed by atoms with van der Waals surface area (Å²) in [5, 5.41) is 0. The highest BCUT2D eigenvalue weighted by Gasteiger charge is 2.24. The van der Waals surface area contributed by atoms with E-state index in [1.807, 2.05) is 12.1 Å². The third-order valence-corrected chi connectivity index (χ3v) is 3.97. The van der Waals surface area contributed by atoms with Crippen molar-refractivity contribution in [3.8, 4) is 11.3 Å². The van der Waals surface area contributed by atoms with Crippen molar-refractivity contribution in [2.75, 3.05) is 18.0 Å². The van der Waals surface area contributed by atoms with Crippen LogP contribution in [-0.2, 0) is 6.54 Å². The molecule has 1 aliphatic heterocycles. The lowest BCUT2D eigenvalue weighted by Gasteiger charge is -2.24. The monoisotopic (exact) mass is 298 g/mol. The zero-order valence-electron chi connectivity index (χ0n) is 13.4. The summed E-state index contributed by atoms with van der Waals surface area (Å²) in [6.45, 7) is 9.21. The van der Waals surface area contributed by atoms with Crippen molar-refractivity contribution >= 4 is 5.95 Å². The summed E-state index contributed by atoms with van der Waals surface area (Å²) in [6.07, 6.45) is 4.51. The Balaban J connectivity index is 1.93. The van der Waals surface area contributed by atoms with Gasteiger partial charge in [-0.05, 0) is 24.0 Å². The van der Waals surface area contributed by atoms with E-state index in [2.05, 4.69) is 30.7 Å². The molecule has 0 radical (unpaired) electrons. The molecular formula is C17H22N4O. The third kappa shape index (κ3) is 3.03. The minimum atomic E-state index is 0.0232. The summed E-state index contributed by atoms with van der Waals surface area (Å²) >= 11 is 0. The largest absolute Gasteiger partial charge is 0.340 e. The Morgan fingerprint density at radius 3 is 2.59 bits per heavy atom. The van der Waals surface area contributed by atoms with Gasteiger partial charge in [-0.25, -0.2) is 4.98 Å². The van der Waals surface area contributed by atoms with Gasteiger partial charge in [0.15, 0.2) is 0 Å². The lowest BCUT2D eigenvalue weighted by Crippen LogP contribution is -2.27. The van der Waals surface area contributed by atoms with Gasteiger partial charge < -0.3 is 4.90 Å². The summed E-state index contributed by atoms with van der Waals surface area (Å²) in [6, 6.07) is 5.38. The molecule has 5 heteroatoms. The van der Waals surface area contributed by atoms with E-state index in [-0.39, 0.29) is 11.0 Å². The molecule has 3 rings (SSSR count). The highest BCUT2D eigenvalue weighted by molar-refractivity contribution is 5.59. The number of nitrogens with zero attached hydrogens (tertiary/aromatic N) is 4. The molecule has 116 valence electrons. The summed E-state index contributed by atoms with van der Waals surface area (Å²) in [4.78, 5) is 23.3. The zero-order chi connectivity index (χ0) is 15.7. The van der Waals surface area contributed by atoms with Crippen molar-refractivity contribution in [1.29, 1.82) is 0 Å². The predicted molar refractivity (Wildman–Crippen MR) is 88.0 cm³/mol. The molecule has 0 saturated heterocycles. The van der Waals surface area contributed by atoms with Gasteiger partial charge in [-0.1, -0.05) is 20.8 Å². The van der Waals surface area contributed by atoms with E-state index < -0.39 is 0 Å². The number of hydrogen-bond acceptors (Lipinski definition) is 4. The first-order chi connectivity index (χ1) is 10.4. The van der Waals surface area contributed by atoms with Gasteiger partial charge in [-0.3, -0.25) is 14.3 Å². The molecule has 0 aliphatic carbocycles. The molecule has 0 fully saturated rings. The second kappa shape index (κ2) is 5.55. The standard InChI is InChI=1S/C17H22N4O/c1-17(2,3)6-9-20-10-11-21-15(22)12-14(19-16(20)21)13-4-7-18-8-5-13/h4-5,7-8,12H,6,9-11H2,1-3H3. The highest BCUT2D eigenvalue weighted by Crippen LogP contribution is 2.25. The minimum Gasteiger partial charge on any atom is -0.340 e. The van der Waals surface area contributed by atoms with Crippen molar-refractivity contribution in [2.45, 2.75) is 33.7 Å². The van der Waals surface area contributed by atoms with E-state index in [1.165, 1.54) is 0 Å². The maximum Gasteiger partial charge on any atom is 0.255 e. The molecule has 0 amide bonds. The Kier molecular flexibility index (Phi) is 3.72. The van der Waals surface area contributed by atoms with Crippen LogP contribution in [0.25, 0.3) is 11.3 Å². The molecule has 0 aromatic carbocycles. The normalized spacial score (nSPS) is 14.2. The Labute approximate surface area is 130 Å². The van der Waals surface area contributed by atoms with Crippen LogP contribution in [0, 0.1) is 5.41 Å². The molecule has 0 saturated carbocycles. The van der Waals surface area contributed by atoms with Crippen molar-refractivity contribution in [3.05, 3.63) is 40.9 Å². The van der Waals surface area contributed by atoms with Crippen LogP contribution in [0.4, 0.5) is 5.95 Å².